The smallest absolute Gasteiger partial charge is 0.200 e. The summed E-state index contributed by atoms with van der Waals surface area (Å²) in [7, 11) is 0. The Hall–Kier alpha value is -6.19. The molecular weight excluding hydrogens is 671 g/mol. The number of hydrogen-bond acceptors (Lipinski definition) is 3. The van der Waals surface area contributed by atoms with E-state index in [2.05, 4.69) is 174 Å². The third-order valence-corrected chi connectivity index (χ3v) is 12.0. The zero-order valence-electron chi connectivity index (χ0n) is 32.2. The minimum atomic E-state index is -0.641. The van der Waals surface area contributed by atoms with E-state index in [4.69, 9.17) is 4.42 Å². The zero-order valence-corrected chi connectivity index (χ0v) is 32.2. The molecule has 10 rings (SSSR count). The summed E-state index contributed by atoms with van der Waals surface area (Å²) in [6.07, 6.45) is 0. The summed E-state index contributed by atoms with van der Waals surface area (Å²) in [5.74, 6) is 0. The van der Waals surface area contributed by atoms with Crippen LogP contribution in [0.1, 0.15) is 74.9 Å². The molecule has 1 atom stereocenters. The molecule has 0 N–H and O–H groups in total. The van der Waals surface area contributed by atoms with E-state index < -0.39 is 5.41 Å². The van der Waals surface area contributed by atoms with Crippen molar-refractivity contribution in [1.82, 2.24) is 0 Å². The molecule has 3 nitrogen and oxygen atoms in total. The summed E-state index contributed by atoms with van der Waals surface area (Å²) >= 11 is 0. The quantitative estimate of drug-likeness (QED) is 0.171. The zero-order chi connectivity index (χ0) is 37.9. The molecule has 0 aliphatic heterocycles. The Morgan fingerprint density at radius 2 is 0.927 bits per heavy atom. The molecule has 0 amide bonds. The number of hydrogen-bond donors (Lipinski definition) is 0. The molecule has 268 valence electrons. The molecule has 0 fully saturated rings. The molecule has 8 aromatic rings. The average molecular weight is 714 g/mol. The van der Waals surface area contributed by atoms with E-state index in [-0.39, 0.29) is 16.3 Å². The van der Waals surface area contributed by atoms with Crippen molar-refractivity contribution < 1.29 is 4.42 Å². The van der Waals surface area contributed by atoms with Crippen LogP contribution in [0.5, 0.6) is 0 Å². The first-order valence-corrected chi connectivity index (χ1v) is 19.3. The lowest BCUT2D eigenvalue weighted by Gasteiger charge is -2.32. The Labute approximate surface area is 322 Å². The fourth-order valence-electron chi connectivity index (χ4n) is 9.23. The third kappa shape index (κ3) is 4.85. The van der Waals surface area contributed by atoms with Crippen LogP contribution >= 0.6 is 0 Å². The Kier molecular flexibility index (Phi) is 7.07. The van der Waals surface area contributed by atoms with Crippen molar-refractivity contribution in [3.63, 3.8) is 0 Å². The van der Waals surface area contributed by atoms with E-state index in [0.29, 0.717) is 21.9 Å². The van der Waals surface area contributed by atoms with E-state index in [1.54, 1.807) is 0 Å². The van der Waals surface area contributed by atoms with Gasteiger partial charge in [0.25, 0.3) is 0 Å². The number of fused-ring (bicyclic) bond motifs is 12. The number of rotatable bonds is 3. The van der Waals surface area contributed by atoms with E-state index in [1.165, 1.54) is 38.9 Å². The van der Waals surface area contributed by atoms with Gasteiger partial charge in [-0.3, -0.25) is 4.79 Å². The number of para-hydroxylation sites is 1. The first-order chi connectivity index (χ1) is 26.4. The molecule has 3 heteroatoms. The van der Waals surface area contributed by atoms with Crippen LogP contribution in [-0.2, 0) is 16.2 Å². The molecule has 2 aliphatic carbocycles. The van der Waals surface area contributed by atoms with Gasteiger partial charge in [0, 0.05) is 17.1 Å². The molecule has 1 aromatic heterocycles. The van der Waals surface area contributed by atoms with Crippen LogP contribution < -0.4 is 10.3 Å². The number of benzene rings is 7. The van der Waals surface area contributed by atoms with Gasteiger partial charge in [0.15, 0.2) is 0 Å². The van der Waals surface area contributed by atoms with Crippen LogP contribution in [0.4, 0.5) is 17.1 Å². The second-order valence-corrected chi connectivity index (χ2v) is 17.3. The topological polar surface area (TPSA) is 33.5 Å². The van der Waals surface area contributed by atoms with Crippen molar-refractivity contribution in [1.29, 1.82) is 0 Å². The van der Waals surface area contributed by atoms with Crippen molar-refractivity contribution in [2.24, 2.45) is 0 Å². The molecule has 0 saturated heterocycles. The molecule has 1 spiro atoms. The SMILES string of the molecule is CC(C)(C)c1ccc(N(c2ccc(C(C)(C)C)cc2)c2ccc3c(c2)C2(c4ccccc4-3)c3ccccc3-c3cc4oc5ccccc5c(=O)c4cc32)cc1. The molecule has 7 aromatic carbocycles. The van der Waals surface area contributed by atoms with Crippen molar-refractivity contribution >= 4 is 39.0 Å². The molecule has 1 unspecified atom stereocenters. The minimum Gasteiger partial charge on any atom is -0.456 e. The second kappa shape index (κ2) is 11.7. The molecule has 1 heterocycles. The monoisotopic (exact) mass is 713 g/mol. The maximum absolute atomic E-state index is 14.2. The highest BCUT2D eigenvalue weighted by Crippen LogP contribution is 2.63. The summed E-state index contributed by atoms with van der Waals surface area (Å²) in [4.78, 5) is 16.6. The molecule has 0 radical (unpaired) electrons. The second-order valence-electron chi connectivity index (χ2n) is 17.3. The predicted molar refractivity (Wildman–Crippen MR) is 228 cm³/mol. The summed E-state index contributed by atoms with van der Waals surface area (Å²) < 4.78 is 6.46. The lowest BCUT2D eigenvalue weighted by molar-refractivity contribution is 0.590. The van der Waals surface area contributed by atoms with E-state index >= 15 is 0 Å². The predicted octanol–water partition coefficient (Wildman–Crippen LogP) is 13.4. The molecule has 2 aliphatic rings. The van der Waals surface area contributed by atoms with Gasteiger partial charge in [0.1, 0.15) is 11.2 Å². The Morgan fingerprint density at radius 1 is 0.436 bits per heavy atom. The summed E-state index contributed by atoms with van der Waals surface area (Å²) in [6.45, 7) is 13.6. The van der Waals surface area contributed by atoms with Gasteiger partial charge in [-0.05, 0) is 127 Å². The average Bonchev–Trinajstić information content (AvgIpc) is 3.64. The highest BCUT2D eigenvalue weighted by atomic mass is 16.3. The Balaban J connectivity index is 1.26. The van der Waals surface area contributed by atoms with Gasteiger partial charge >= 0.3 is 0 Å². The van der Waals surface area contributed by atoms with Crippen molar-refractivity contribution in [2.45, 2.75) is 57.8 Å². The van der Waals surface area contributed by atoms with Gasteiger partial charge < -0.3 is 9.32 Å². The van der Waals surface area contributed by atoms with E-state index in [1.807, 2.05) is 24.3 Å². The van der Waals surface area contributed by atoms with Gasteiger partial charge in [-0.25, -0.2) is 0 Å². The molecular formula is C52H43NO2. The third-order valence-electron chi connectivity index (χ3n) is 12.0. The van der Waals surface area contributed by atoms with Gasteiger partial charge in [-0.1, -0.05) is 133 Å². The highest BCUT2D eigenvalue weighted by molar-refractivity contribution is 6.01. The van der Waals surface area contributed by atoms with Crippen molar-refractivity contribution in [3.8, 4) is 22.3 Å². The largest absolute Gasteiger partial charge is 0.456 e. The minimum absolute atomic E-state index is 0.00500. The van der Waals surface area contributed by atoms with Crippen LogP contribution in [-0.4, -0.2) is 0 Å². The lowest BCUT2D eigenvalue weighted by atomic mass is 9.70. The van der Waals surface area contributed by atoms with Gasteiger partial charge in [0.05, 0.1) is 16.2 Å². The molecule has 55 heavy (non-hydrogen) atoms. The highest BCUT2D eigenvalue weighted by Gasteiger charge is 2.52. The Bertz CT molecular complexity index is 2840. The van der Waals surface area contributed by atoms with Crippen molar-refractivity contribution in [3.05, 3.63) is 195 Å². The fourth-order valence-corrected chi connectivity index (χ4v) is 9.23. The van der Waals surface area contributed by atoms with Crippen molar-refractivity contribution in [2.75, 3.05) is 4.90 Å². The summed E-state index contributed by atoms with van der Waals surface area (Å²) in [5.41, 5.74) is 16.0. The summed E-state index contributed by atoms with van der Waals surface area (Å²) in [6, 6.07) is 54.4. The normalized spacial score (nSPS) is 15.6. The van der Waals surface area contributed by atoms with E-state index in [0.717, 1.165) is 33.8 Å². The van der Waals surface area contributed by atoms with Crippen LogP contribution in [0.2, 0.25) is 0 Å². The molecule has 0 saturated carbocycles. The first-order valence-electron chi connectivity index (χ1n) is 19.3. The van der Waals surface area contributed by atoms with Crippen LogP contribution in [0.3, 0.4) is 0 Å². The van der Waals surface area contributed by atoms with Crippen LogP contribution in [0.15, 0.2) is 161 Å². The van der Waals surface area contributed by atoms with E-state index in [9.17, 15) is 4.79 Å². The van der Waals surface area contributed by atoms with Gasteiger partial charge in [-0.15, -0.1) is 0 Å². The standard InChI is InChI=1S/C52H43NO2/c1-50(2,3)32-19-23-34(24-20-32)53(35-25-21-33(22-26-35)51(4,5)6)36-27-28-39-37-13-7-10-16-43(37)52(45(39)29-36)44-17-11-8-14-38(44)41-31-48-42(30-46(41)52)49(54)40-15-9-12-18-47(40)55-48/h7-31H,1-6H3. The first kappa shape index (κ1) is 33.4. The summed E-state index contributed by atoms with van der Waals surface area (Å²) in [5, 5.41) is 1.20. The van der Waals surface area contributed by atoms with Gasteiger partial charge in [0.2, 0.25) is 5.43 Å². The number of nitrogens with zero attached hydrogens (tertiary/aromatic N) is 1. The van der Waals surface area contributed by atoms with Crippen LogP contribution in [0.25, 0.3) is 44.2 Å². The maximum Gasteiger partial charge on any atom is 0.200 e. The number of anilines is 3. The maximum atomic E-state index is 14.2. The lowest BCUT2D eigenvalue weighted by Crippen LogP contribution is -2.26. The molecule has 0 bridgehead atoms. The van der Waals surface area contributed by atoms with Gasteiger partial charge in [-0.2, -0.15) is 0 Å². The fraction of sp³-hybridized carbons (Fsp3) is 0.173. The Morgan fingerprint density at radius 3 is 1.53 bits per heavy atom. The van der Waals surface area contributed by atoms with Crippen LogP contribution in [0, 0.1) is 0 Å².